The predicted octanol–water partition coefficient (Wildman–Crippen LogP) is 4.01. The number of aryl methyl sites for hydroxylation is 1. The first kappa shape index (κ1) is 11.4. The molecule has 0 nitrogen and oxygen atoms in total. The van der Waals surface area contributed by atoms with E-state index in [9.17, 15) is 13.2 Å². The first-order chi connectivity index (χ1) is 6.25. The fourth-order valence-electron chi connectivity index (χ4n) is 1.03. The average molecular weight is 223 g/mol. The van der Waals surface area contributed by atoms with Crippen molar-refractivity contribution in [3.63, 3.8) is 0 Å². The van der Waals surface area contributed by atoms with E-state index < -0.39 is 11.1 Å². The standard InChI is InChI=1S/C10H10ClF3/c1-7-3-5-8(6-4-7)9(2,11)10(12,13)14/h3-6H,1-2H3. The summed E-state index contributed by atoms with van der Waals surface area (Å²) >= 11 is 5.47. The SMILES string of the molecule is Cc1ccc(C(C)(Cl)C(F)(F)F)cc1. The van der Waals surface area contributed by atoms with Gasteiger partial charge in [-0.2, -0.15) is 13.2 Å². The smallest absolute Gasteiger partial charge is 0.169 e. The van der Waals surface area contributed by atoms with Gasteiger partial charge in [0.05, 0.1) is 0 Å². The van der Waals surface area contributed by atoms with Crippen molar-refractivity contribution >= 4 is 11.6 Å². The molecule has 0 radical (unpaired) electrons. The molecule has 0 heterocycles. The third-order valence-corrected chi connectivity index (χ3v) is 2.56. The molecule has 1 atom stereocenters. The number of alkyl halides is 4. The topological polar surface area (TPSA) is 0 Å². The maximum Gasteiger partial charge on any atom is 0.411 e. The molecule has 0 aliphatic rings. The fraction of sp³-hybridized carbons (Fsp3) is 0.400. The van der Waals surface area contributed by atoms with E-state index in [1.807, 2.05) is 6.92 Å². The van der Waals surface area contributed by atoms with Crippen LogP contribution < -0.4 is 0 Å². The zero-order valence-electron chi connectivity index (χ0n) is 7.82. The lowest BCUT2D eigenvalue weighted by Crippen LogP contribution is -2.33. The molecule has 1 rings (SSSR count). The van der Waals surface area contributed by atoms with Gasteiger partial charge in [0.25, 0.3) is 0 Å². The van der Waals surface area contributed by atoms with Crippen LogP contribution in [0.1, 0.15) is 18.1 Å². The van der Waals surface area contributed by atoms with Crippen LogP contribution in [-0.4, -0.2) is 6.18 Å². The molecular formula is C10H10ClF3. The van der Waals surface area contributed by atoms with Gasteiger partial charge < -0.3 is 0 Å². The number of hydrogen-bond donors (Lipinski definition) is 0. The molecule has 0 spiro atoms. The summed E-state index contributed by atoms with van der Waals surface area (Å²) in [5.74, 6) is 0. The second kappa shape index (κ2) is 3.46. The molecule has 0 N–H and O–H groups in total. The largest absolute Gasteiger partial charge is 0.411 e. The van der Waals surface area contributed by atoms with E-state index in [0.29, 0.717) is 0 Å². The van der Waals surface area contributed by atoms with Gasteiger partial charge in [-0.1, -0.05) is 29.8 Å². The van der Waals surface area contributed by atoms with Crippen molar-refractivity contribution in [2.24, 2.45) is 0 Å². The zero-order chi connectivity index (χ0) is 11.0. The molecule has 0 saturated heterocycles. The zero-order valence-corrected chi connectivity index (χ0v) is 8.58. The molecule has 0 aliphatic carbocycles. The van der Waals surface area contributed by atoms with E-state index >= 15 is 0 Å². The van der Waals surface area contributed by atoms with E-state index in [4.69, 9.17) is 11.6 Å². The lowest BCUT2D eigenvalue weighted by atomic mass is 9.99. The summed E-state index contributed by atoms with van der Waals surface area (Å²) in [6.45, 7) is 2.77. The molecule has 0 aliphatic heterocycles. The molecule has 0 aromatic heterocycles. The van der Waals surface area contributed by atoms with Crippen LogP contribution in [-0.2, 0) is 4.87 Å². The Morgan fingerprint density at radius 3 is 1.86 bits per heavy atom. The molecule has 1 unspecified atom stereocenters. The molecule has 0 fully saturated rings. The van der Waals surface area contributed by atoms with Gasteiger partial charge in [-0.3, -0.25) is 0 Å². The summed E-state index contributed by atoms with van der Waals surface area (Å²) in [6.07, 6.45) is -4.44. The Kier molecular flexibility index (Phi) is 2.81. The van der Waals surface area contributed by atoms with E-state index in [1.165, 1.54) is 12.1 Å². The fourth-order valence-corrected chi connectivity index (χ4v) is 1.16. The van der Waals surface area contributed by atoms with Crippen molar-refractivity contribution in [3.8, 4) is 0 Å². The highest BCUT2D eigenvalue weighted by molar-refractivity contribution is 6.24. The normalized spacial score (nSPS) is 16.4. The molecule has 14 heavy (non-hydrogen) atoms. The third-order valence-electron chi connectivity index (χ3n) is 2.13. The van der Waals surface area contributed by atoms with Crippen LogP contribution in [0.25, 0.3) is 0 Å². The van der Waals surface area contributed by atoms with Gasteiger partial charge in [-0.25, -0.2) is 0 Å². The van der Waals surface area contributed by atoms with E-state index in [2.05, 4.69) is 0 Å². The van der Waals surface area contributed by atoms with Crippen molar-refractivity contribution in [2.75, 3.05) is 0 Å². The number of hydrogen-bond acceptors (Lipinski definition) is 0. The van der Waals surface area contributed by atoms with Gasteiger partial charge in [0.2, 0.25) is 0 Å². The van der Waals surface area contributed by atoms with Crippen LogP contribution in [0.5, 0.6) is 0 Å². The van der Waals surface area contributed by atoms with Gasteiger partial charge >= 0.3 is 6.18 Å². The van der Waals surface area contributed by atoms with Crippen LogP contribution >= 0.6 is 11.6 Å². The molecule has 1 aromatic carbocycles. The molecule has 4 heteroatoms. The summed E-state index contributed by atoms with van der Waals surface area (Å²) in [5.41, 5.74) is 0.973. The second-order valence-electron chi connectivity index (χ2n) is 3.37. The summed E-state index contributed by atoms with van der Waals surface area (Å²) in [7, 11) is 0. The van der Waals surface area contributed by atoms with Crippen molar-refractivity contribution in [1.82, 2.24) is 0 Å². The number of benzene rings is 1. The monoisotopic (exact) mass is 222 g/mol. The van der Waals surface area contributed by atoms with Gasteiger partial charge in [-0.05, 0) is 19.4 Å². The summed E-state index contributed by atoms with van der Waals surface area (Å²) in [4.78, 5) is -2.30. The van der Waals surface area contributed by atoms with Crippen LogP contribution in [0, 0.1) is 6.92 Å². The quantitative estimate of drug-likeness (QED) is 0.630. The first-order valence-electron chi connectivity index (χ1n) is 4.08. The Bertz CT molecular complexity index is 311. The minimum Gasteiger partial charge on any atom is -0.169 e. The maximum absolute atomic E-state index is 12.5. The van der Waals surface area contributed by atoms with E-state index in [1.54, 1.807) is 12.1 Å². The third kappa shape index (κ3) is 2.03. The highest BCUT2D eigenvalue weighted by Crippen LogP contribution is 2.44. The Morgan fingerprint density at radius 2 is 1.50 bits per heavy atom. The molecule has 1 aromatic rings. The molecular weight excluding hydrogens is 213 g/mol. The van der Waals surface area contributed by atoms with Gasteiger partial charge in [0.15, 0.2) is 4.87 Å². The van der Waals surface area contributed by atoms with Crippen molar-refractivity contribution in [3.05, 3.63) is 35.4 Å². The summed E-state index contributed by atoms with van der Waals surface area (Å²) < 4.78 is 37.5. The predicted molar refractivity (Wildman–Crippen MR) is 50.4 cm³/mol. The molecule has 78 valence electrons. The van der Waals surface area contributed by atoms with Crippen molar-refractivity contribution in [1.29, 1.82) is 0 Å². The van der Waals surface area contributed by atoms with Crippen molar-refractivity contribution in [2.45, 2.75) is 24.9 Å². The summed E-state index contributed by atoms with van der Waals surface area (Å²) in [6, 6.07) is 6.02. The Morgan fingerprint density at radius 1 is 1.07 bits per heavy atom. The lowest BCUT2D eigenvalue weighted by molar-refractivity contribution is -0.160. The van der Waals surface area contributed by atoms with Gasteiger partial charge in [-0.15, -0.1) is 11.6 Å². The lowest BCUT2D eigenvalue weighted by Gasteiger charge is -2.25. The Hall–Kier alpha value is -0.700. The number of halogens is 4. The Labute approximate surface area is 85.7 Å². The average Bonchev–Trinajstić information content (AvgIpc) is 2.03. The minimum atomic E-state index is -4.44. The molecule has 0 saturated carbocycles. The highest BCUT2D eigenvalue weighted by atomic mass is 35.5. The highest BCUT2D eigenvalue weighted by Gasteiger charge is 2.50. The molecule has 0 amide bonds. The van der Waals surface area contributed by atoms with Crippen LogP contribution in [0.2, 0.25) is 0 Å². The van der Waals surface area contributed by atoms with E-state index in [-0.39, 0.29) is 5.56 Å². The second-order valence-corrected chi connectivity index (χ2v) is 4.12. The Balaban J connectivity index is 3.10. The van der Waals surface area contributed by atoms with E-state index in [0.717, 1.165) is 12.5 Å². The van der Waals surface area contributed by atoms with Crippen LogP contribution in [0.15, 0.2) is 24.3 Å². The molecule has 0 bridgehead atoms. The van der Waals surface area contributed by atoms with Crippen LogP contribution in [0.4, 0.5) is 13.2 Å². The maximum atomic E-state index is 12.5. The van der Waals surface area contributed by atoms with Crippen molar-refractivity contribution < 1.29 is 13.2 Å². The summed E-state index contributed by atoms with van der Waals surface area (Å²) in [5, 5.41) is 0. The minimum absolute atomic E-state index is 0.0669. The first-order valence-corrected chi connectivity index (χ1v) is 4.46. The van der Waals surface area contributed by atoms with Crippen LogP contribution in [0.3, 0.4) is 0 Å². The number of rotatable bonds is 1. The van der Waals surface area contributed by atoms with Gasteiger partial charge in [0.1, 0.15) is 0 Å². The van der Waals surface area contributed by atoms with Gasteiger partial charge in [0, 0.05) is 0 Å².